The highest BCUT2D eigenvalue weighted by atomic mass is 16.5. The van der Waals surface area contributed by atoms with Crippen LogP contribution in [0.4, 0.5) is 0 Å². The Morgan fingerprint density at radius 3 is 2.54 bits per heavy atom. The van der Waals surface area contributed by atoms with E-state index in [1.165, 1.54) is 6.42 Å². The molecule has 0 aliphatic carbocycles. The van der Waals surface area contributed by atoms with Crippen molar-refractivity contribution in [2.24, 2.45) is 5.92 Å². The Hall–Kier alpha value is -0.370. The average Bonchev–Trinajstić information content (AvgIpc) is 2.16. The Labute approximate surface area is 81.7 Å². The van der Waals surface area contributed by atoms with Crippen LogP contribution in [0.25, 0.3) is 0 Å². The highest BCUT2D eigenvalue weighted by molar-refractivity contribution is 5.80. The van der Waals surface area contributed by atoms with E-state index < -0.39 is 0 Å². The molecule has 0 bridgehead atoms. The highest BCUT2D eigenvalue weighted by Gasteiger charge is 2.09. The van der Waals surface area contributed by atoms with Crippen molar-refractivity contribution in [3.8, 4) is 0 Å². The van der Waals surface area contributed by atoms with Crippen molar-refractivity contribution in [3.63, 3.8) is 0 Å². The lowest BCUT2D eigenvalue weighted by molar-refractivity contribution is -0.122. The normalized spacial score (nSPS) is 12.8. The van der Waals surface area contributed by atoms with Crippen LogP contribution in [0.2, 0.25) is 0 Å². The predicted molar refractivity (Wildman–Crippen MR) is 54.8 cm³/mol. The van der Waals surface area contributed by atoms with Crippen LogP contribution in [0.15, 0.2) is 0 Å². The van der Waals surface area contributed by atoms with Crippen LogP contribution in [0.5, 0.6) is 0 Å². The molecule has 1 atom stereocenters. The maximum Gasteiger partial charge on any atom is 0.135 e. The van der Waals surface area contributed by atoms with Crippen molar-refractivity contribution < 1.29 is 9.53 Å². The minimum absolute atomic E-state index is 0.173. The van der Waals surface area contributed by atoms with E-state index in [0.29, 0.717) is 12.2 Å². The van der Waals surface area contributed by atoms with E-state index in [9.17, 15) is 4.79 Å². The lowest BCUT2D eigenvalue weighted by atomic mass is 10.0. The SMILES string of the molecule is CCCCOCCC(C)C(=O)CC. The minimum atomic E-state index is 0.173. The molecule has 0 spiro atoms. The van der Waals surface area contributed by atoms with Gasteiger partial charge in [-0.25, -0.2) is 0 Å². The smallest absolute Gasteiger partial charge is 0.135 e. The average molecular weight is 186 g/mol. The van der Waals surface area contributed by atoms with E-state index in [2.05, 4.69) is 6.92 Å². The summed E-state index contributed by atoms with van der Waals surface area (Å²) in [6, 6.07) is 0. The molecule has 0 aliphatic heterocycles. The Morgan fingerprint density at radius 1 is 1.31 bits per heavy atom. The van der Waals surface area contributed by atoms with Crippen LogP contribution in [0.3, 0.4) is 0 Å². The molecule has 0 saturated carbocycles. The topological polar surface area (TPSA) is 26.3 Å². The van der Waals surface area contributed by atoms with Crippen LogP contribution in [-0.4, -0.2) is 19.0 Å². The van der Waals surface area contributed by atoms with Gasteiger partial charge in [-0.15, -0.1) is 0 Å². The standard InChI is InChI=1S/C11H22O2/c1-4-6-8-13-9-7-10(3)11(12)5-2/h10H,4-9H2,1-3H3. The largest absolute Gasteiger partial charge is 0.381 e. The Bertz CT molecular complexity index is 132. The molecule has 2 heteroatoms. The van der Waals surface area contributed by atoms with Gasteiger partial charge in [0.1, 0.15) is 5.78 Å². The fraction of sp³-hybridized carbons (Fsp3) is 0.909. The van der Waals surface area contributed by atoms with Crippen molar-refractivity contribution in [3.05, 3.63) is 0 Å². The summed E-state index contributed by atoms with van der Waals surface area (Å²) in [6.07, 6.45) is 3.81. The van der Waals surface area contributed by atoms with Gasteiger partial charge in [-0.05, 0) is 12.8 Å². The number of ether oxygens (including phenoxy) is 1. The summed E-state index contributed by atoms with van der Waals surface area (Å²) in [5.74, 6) is 0.519. The number of unbranched alkanes of at least 4 members (excludes halogenated alkanes) is 1. The van der Waals surface area contributed by atoms with E-state index in [1.807, 2.05) is 13.8 Å². The van der Waals surface area contributed by atoms with Gasteiger partial charge < -0.3 is 4.74 Å². The summed E-state index contributed by atoms with van der Waals surface area (Å²) in [7, 11) is 0. The molecule has 0 saturated heterocycles. The second-order valence-corrected chi connectivity index (χ2v) is 3.48. The van der Waals surface area contributed by atoms with E-state index in [-0.39, 0.29) is 5.92 Å². The van der Waals surface area contributed by atoms with Crippen molar-refractivity contribution in [2.75, 3.05) is 13.2 Å². The van der Waals surface area contributed by atoms with Crippen LogP contribution in [-0.2, 0) is 9.53 Å². The molecule has 1 unspecified atom stereocenters. The number of Topliss-reactive ketones (excluding diaryl/α,β-unsaturated/α-hetero) is 1. The van der Waals surface area contributed by atoms with Gasteiger partial charge in [-0.3, -0.25) is 4.79 Å². The van der Waals surface area contributed by atoms with Crippen LogP contribution in [0, 0.1) is 5.92 Å². The molecule has 0 aliphatic rings. The minimum Gasteiger partial charge on any atom is -0.381 e. The molecule has 2 nitrogen and oxygen atoms in total. The third kappa shape index (κ3) is 6.76. The quantitative estimate of drug-likeness (QED) is 0.545. The van der Waals surface area contributed by atoms with Crippen LogP contribution >= 0.6 is 0 Å². The first-order chi connectivity index (χ1) is 6.22. The summed E-state index contributed by atoms with van der Waals surface area (Å²) >= 11 is 0. The van der Waals surface area contributed by atoms with Gasteiger partial charge in [0.05, 0.1) is 0 Å². The fourth-order valence-electron chi connectivity index (χ4n) is 1.12. The third-order valence-electron chi connectivity index (χ3n) is 2.24. The number of carbonyl (C=O) groups is 1. The predicted octanol–water partition coefficient (Wildman–Crippen LogP) is 2.81. The summed E-state index contributed by atoms with van der Waals surface area (Å²) in [5, 5.41) is 0. The number of hydrogen-bond donors (Lipinski definition) is 0. The van der Waals surface area contributed by atoms with Crippen molar-refractivity contribution in [2.45, 2.75) is 46.5 Å². The monoisotopic (exact) mass is 186 g/mol. The van der Waals surface area contributed by atoms with Crippen molar-refractivity contribution in [1.29, 1.82) is 0 Å². The van der Waals surface area contributed by atoms with Gasteiger partial charge >= 0.3 is 0 Å². The molecule has 0 amide bonds. The van der Waals surface area contributed by atoms with Gasteiger partial charge in [0.25, 0.3) is 0 Å². The molecule has 0 radical (unpaired) electrons. The second-order valence-electron chi connectivity index (χ2n) is 3.48. The first kappa shape index (κ1) is 12.6. The molecule has 0 aromatic heterocycles. The number of ketones is 1. The number of rotatable bonds is 8. The molecule has 0 aromatic rings. The zero-order valence-corrected chi connectivity index (χ0v) is 9.14. The van der Waals surface area contributed by atoms with Crippen molar-refractivity contribution in [1.82, 2.24) is 0 Å². The molecule has 0 rings (SSSR count). The van der Waals surface area contributed by atoms with Crippen LogP contribution < -0.4 is 0 Å². The van der Waals surface area contributed by atoms with Crippen molar-refractivity contribution >= 4 is 5.78 Å². The fourth-order valence-corrected chi connectivity index (χ4v) is 1.12. The molecular weight excluding hydrogens is 164 g/mol. The first-order valence-corrected chi connectivity index (χ1v) is 5.32. The van der Waals surface area contributed by atoms with E-state index in [4.69, 9.17) is 4.74 Å². The lowest BCUT2D eigenvalue weighted by Gasteiger charge is -2.08. The maximum atomic E-state index is 11.2. The van der Waals surface area contributed by atoms with Gasteiger partial charge in [-0.2, -0.15) is 0 Å². The van der Waals surface area contributed by atoms with Gasteiger partial charge in [0.2, 0.25) is 0 Å². The molecule has 78 valence electrons. The molecule has 0 fully saturated rings. The van der Waals surface area contributed by atoms with Gasteiger partial charge in [0, 0.05) is 25.6 Å². The molecule has 0 N–H and O–H groups in total. The van der Waals surface area contributed by atoms with E-state index in [0.717, 1.165) is 26.1 Å². The summed E-state index contributed by atoms with van der Waals surface area (Å²) in [5.41, 5.74) is 0. The van der Waals surface area contributed by atoms with Gasteiger partial charge in [0.15, 0.2) is 0 Å². The van der Waals surface area contributed by atoms with E-state index in [1.54, 1.807) is 0 Å². The third-order valence-corrected chi connectivity index (χ3v) is 2.24. The molecule has 0 aromatic carbocycles. The van der Waals surface area contributed by atoms with E-state index >= 15 is 0 Å². The Morgan fingerprint density at radius 2 is 2.00 bits per heavy atom. The summed E-state index contributed by atoms with van der Waals surface area (Å²) in [4.78, 5) is 11.2. The number of carbonyl (C=O) groups excluding carboxylic acids is 1. The highest BCUT2D eigenvalue weighted by Crippen LogP contribution is 2.06. The lowest BCUT2D eigenvalue weighted by Crippen LogP contribution is -2.12. The zero-order valence-electron chi connectivity index (χ0n) is 9.14. The second kappa shape index (κ2) is 8.24. The first-order valence-electron chi connectivity index (χ1n) is 5.32. The maximum absolute atomic E-state index is 11.2. The molecule has 13 heavy (non-hydrogen) atoms. The number of hydrogen-bond acceptors (Lipinski definition) is 2. The molecular formula is C11H22O2. The summed E-state index contributed by atoms with van der Waals surface area (Å²) in [6.45, 7) is 7.61. The summed E-state index contributed by atoms with van der Waals surface area (Å²) < 4.78 is 5.39. The zero-order chi connectivity index (χ0) is 10.1. The molecule has 0 heterocycles. The Kier molecular flexibility index (Phi) is 8.00. The van der Waals surface area contributed by atoms with Gasteiger partial charge in [-0.1, -0.05) is 27.2 Å². The van der Waals surface area contributed by atoms with Crippen LogP contribution in [0.1, 0.15) is 46.5 Å². The Balaban J connectivity index is 3.26.